The average molecular weight is 292 g/mol. The molecule has 0 bridgehead atoms. The lowest BCUT2D eigenvalue weighted by Gasteiger charge is -2.05. The number of carbonyl (C=O) groups excluding carboxylic acids is 1. The Kier molecular flexibility index (Phi) is 3.00. The molecular formula is C13H10ClN3OS. The summed E-state index contributed by atoms with van der Waals surface area (Å²) in [6.45, 7) is 1.91. The van der Waals surface area contributed by atoms with Crippen molar-refractivity contribution in [3.63, 3.8) is 0 Å². The van der Waals surface area contributed by atoms with Crippen LogP contribution in [0.5, 0.6) is 0 Å². The molecule has 4 nitrogen and oxygen atoms in total. The summed E-state index contributed by atoms with van der Waals surface area (Å²) in [5, 5.41) is 5.33. The van der Waals surface area contributed by atoms with Gasteiger partial charge in [-0.2, -0.15) is 0 Å². The first-order chi connectivity index (χ1) is 9.13. The van der Waals surface area contributed by atoms with Crippen LogP contribution in [0.25, 0.3) is 4.96 Å². The van der Waals surface area contributed by atoms with Crippen molar-refractivity contribution in [1.82, 2.24) is 9.38 Å². The molecule has 0 aliphatic carbocycles. The van der Waals surface area contributed by atoms with Crippen LogP contribution < -0.4 is 5.32 Å². The second-order valence-electron chi connectivity index (χ2n) is 4.14. The average Bonchev–Trinajstić information content (AvgIpc) is 2.94. The molecule has 1 amide bonds. The van der Waals surface area contributed by atoms with Crippen molar-refractivity contribution in [1.29, 1.82) is 0 Å². The van der Waals surface area contributed by atoms with Crippen LogP contribution in [0.1, 0.15) is 16.1 Å². The fourth-order valence-electron chi connectivity index (χ4n) is 1.70. The molecule has 0 saturated heterocycles. The molecule has 0 unspecified atom stereocenters. The third kappa shape index (κ3) is 2.34. The number of imidazole rings is 1. The van der Waals surface area contributed by atoms with Crippen LogP contribution in [-0.2, 0) is 0 Å². The van der Waals surface area contributed by atoms with Gasteiger partial charge in [0.05, 0.1) is 0 Å². The zero-order valence-electron chi connectivity index (χ0n) is 10.1. The maximum absolute atomic E-state index is 12.1. The first-order valence-corrected chi connectivity index (χ1v) is 6.89. The van der Waals surface area contributed by atoms with Crippen LogP contribution in [0.2, 0.25) is 5.02 Å². The maximum atomic E-state index is 12.1. The zero-order chi connectivity index (χ0) is 13.4. The summed E-state index contributed by atoms with van der Waals surface area (Å²) in [5.74, 6) is -0.240. The Labute approximate surface area is 118 Å². The van der Waals surface area contributed by atoms with Crippen molar-refractivity contribution in [3.8, 4) is 0 Å². The number of amides is 1. The second-order valence-corrected chi connectivity index (χ2v) is 5.42. The number of hydrogen-bond donors (Lipinski definition) is 1. The number of fused-ring (bicyclic) bond motifs is 1. The predicted octanol–water partition coefficient (Wildman–Crippen LogP) is 3.61. The van der Waals surface area contributed by atoms with Crippen molar-refractivity contribution in [2.75, 3.05) is 5.32 Å². The van der Waals surface area contributed by atoms with Gasteiger partial charge in [0.25, 0.3) is 5.91 Å². The van der Waals surface area contributed by atoms with E-state index in [4.69, 9.17) is 11.6 Å². The summed E-state index contributed by atoms with van der Waals surface area (Å²) in [4.78, 5) is 17.1. The molecule has 0 aliphatic heterocycles. The highest BCUT2D eigenvalue weighted by atomic mass is 35.5. The molecule has 19 heavy (non-hydrogen) atoms. The monoisotopic (exact) mass is 291 g/mol. The summed E-state index contributed by atoms with van der Waals surface area (Å²) in [6.07, 6.45) is 3.57. The molecule has 2 heterocycles. The van der Waals surface area contributed by atoms with Crippen molar-refractivity contribution in [2.24, 2.45) is 0 Å². The Balaban J connectivity index is 1.84. The Morgan fingerprint density at radius 3 is 3.05 bits per heavy atom. The van der Waals surface area contributed by atoms with E-state index in [-0.39, 0.29) is 5.91 Å². The van der Waals surface area contributed by atoms with Gasteiger partial charge in [0, 0.05) is 28.5 Å². The van der Waals surface area contributed by atoms with E-state index in [0.29, 0.717) is 16.4 Å². The van der Waals surface area contributed by atoms with E-state index >= 15 is 0 Å². The van der Waals surface area contributed by atoms with Crippen LogP contribution in [0, 0.1) is 6.92 Å². The minimum atomic E-state index is -0.240. The maximum Gasteiger partial charge on any atom is 0.275 e. The number of aromatic nitrogens is 2. The van der Waals surface area contributed by atoms with E-state index < -0.39 is 0 Å². The number of carbonyl (C=O) groups is 1. The molecule has 6 heteroatoms. The molecule has 0 saturated carbocycles. The Morgan fingerprint density at radius 1 is 1.47 bits per heavy atom. The molecule has 96 valence electrons. The summed E-state index contributed by atoms with van der Waals surface area (Å²) in [7, 11) is 0. The van der Waals surface area contributed by atoms with Crippen molar-refractivity contribution in [3.05, 3.63) is 52.3 Å². The van der Waals surface area contributed by atoms with Gasteiger partial charge in [-0.05, 0) is 24.6 Å². The molecule has 1 N–H and O–H groups in total. The van der Waals surface area contributed by atoms with Crippen LogP contribution >= 0.6 is 22.9 Å². The Hall–Kier alpha value is -1.85. The number of rotatable bonds is 2. The van der Waals surface area contributed by atoms with Crippen LogP contribution in [0.3, 0.4) is 0 Å². The van der Waals surface area contributed by atoms with Gasteiger partial charge in [-0.25, -0.2) is 4.98 Å². The summed E-state index contributed by atoms with van der Waals surface area (Å²) >= 11 is 7.51. The number of anilines is 1. The summed E-state index contributed by atoms with van der Waals surface area (Å²) in [6, 6.07) is 5.41. The molecule has 0 aliphatic rings. The smallest absolute Gasteiger partial charge is 0.275 e. The molecule has 0 atom stereocenters. The van der Waals surface area contributed by atoms with Crippen LogP contribution in [-0.4, -0.2) is 15.3 Å². The van der Waals surface area contributed by atoms with Gasteiger partial charge in [0.15, 0.2) is 4.96 Å². The molecule has 0 radical (unpaired) electrons. The minimum Gasteiger partial charge on any atom is -0.321 e. The largest absolute Gasteiger partial charge is 0.321 e. The molecule has 3 rings (SSSR count). The van der Waals surface area contributed by atoms with Crippen LogP contribution in [0.15, 0.2) is 36.0 Å². The number of aryl methyl sites for hydroxylation is 1. The number of nitrogens with one attached hydrogen (secondary N) is 1. The van der Waals surface area contributed by atoms with Crippen molar-refractivity contribution < 1.29 is 4.79 Å². The van der Waals surface area contributed by atoms with Gasteiger partial charge >= 0.3 is 0 Å². The van der Waals surface area contributed by atoms with E-state index in [1.54, 1.807) is 12.3 Å². The lowest BCUT2D eigenvalue weighted by Crippen LogP contribution is -2.12. The van der Waals surface area contributed by atoms with E-state index in [1.807, 2.05) is 35.0 Å². The molecule has 0 spiro atoms. The third-order valence-electron chi connectivity index (χ3n) is 2.76. The van der Waals surface area contributed by atoms with Gasteiger partial charge in [0.1, 0.15) is 5.69 Å². The molecule has 2 aromatic heterocycles. The Bertz CT molecular complexity index is 734. The van der Waals surface area contributed by atoms with E-state index in [9.17, 15) is 4.79 Å². The SMILES string of the molecule is Cc1ccc(NC(=O)c2cn3ccsc3n2)cc1Cl. The van der Waals surface area contributed by atoms with E-state index in [2.05, 4.69) is 10.3 Å². The van der Waals surface area contributed by atoms with Gasteiger partial charge in [0.2, 0.25) is 0 Å². The number of hydrogen-bond acceptors (Lipinski definition) is 3. The molecular weight excluding hydrogens is 282 g/mol. The van der Waals surface area contributed by atoms with Crippen molar-refractivity contribution in [2.45, 2.75) is 6.92 Å². The fraction of sp³-hybridized carbons (Fsp3) is 0.0769. The van der Waals surface area contributed by atoms with E-state index in [1.165, 1.54) is 11.3 Å². The van der Waals surface area contributed by atoms with Gasteiger partial charge in [-0.1, -0.05) is 17.7 Å². The van der Waals surface area contributed by atoms with E-state index in [0.717, 1.165) is 10.5 Å². The first kappa shape index (κ1) is 12.2. The minimum absolute atomic E-state index is 0.240. The molecule has 1 aromatic carbocycles. The third-order valence-corrected chi connectivity index (χ3v) is 3.93. The zero-order valence-corrected chi connectivity index (χ0v) is 11.6. The summed E-state index contributed by atoms with van der Waals surface area (Å²) < 4.78 is 1.82. The highest BCUT2D eigenvalue weighted by molar-refractivity contribution is 7.15. The normalized spacial score (nSPS) is 10.8. The predicted molar refractivity (Wildman–Crippen MR) is 77.2 cm³/mol. The number of halogens is 1. The Morgan fingerprint density at radius 2 is 2.32 bits per heavy atom. The van der Waals surface area contributed by atoms with Gasteiger partial charge in [-0.3, -0.25) is 9.20 Å². The number of nitrogens with zero attached hydrogens (tertiary/aromatic N) is 2. The lowest BCUT2D eigenvalue weighted by atomic mass is 10.2. The molecule has 0 fully saturated rings. The quantitative estimate of drug-likeness (QED) is 0.784. The standard InChI is InChI=1S/C13H10ClN3OS/c1-8-2-3-9(6-10(8)14)15-12(18)11-7-17-4-5-19-13(17)16-11/h2-7H,1H3,(H,15,18). The topological polar surface area (TPSA) is 46.4 Å². The number of benzene rings is 1. The van der Waals surface area contributed by atoms with Crippen LogP contribution in [0.4, 0.5) is 5.69 Å². The van der Waals surface area contributed by atoms with Gasteiger partial charge < -0.3 is 5.32 Å². The summed E-state index contributed by atoms with van der Waals surface area (Å²) in [5.41, 5.74) is 2.03. The lowest BCUT2D eigenvalue weighted by molar-refractivity contribution is 0.102. The fourth-order valence-corrected chi connectivity index (χ4v) is 2.58. The molecule has 3 aromatic rings. The van der Waals surface area contributed by atoms with Crippen molar-refractivity contribution >= 4 is 39.5 Å². The first-order valence-electron chi connectivity index (χ1n) is 5.63. The second kappa shape index (κ2) is 4.68. The highest BCUT2D eigenvalue weighted by Crippen LogP contribution is 2.20. The van der Waals surface area contributed by atoms with Gasteiger partial charge in [-0.15, -0.1) is 11.3 Å². The number of thiazole rings is 1. The highest BCUT2D eigenvalue weighted by Gasteiger charge is 2.11.